The third-order valence-electron chi connectivity index (χ3n) is 10.2. The van der Waals surface area contributed by atoms with Crippen LogP contribution in [0.4, 0.5) is 0 Å². The van der Waals surface area contributed by atoms with Gasteiger partial charge in [0.1, 0.15) is 11.2 Å². The first kappa shape index (κ1) is 27.2. The van der Waals surface area contributed by atoms with Crippen LogP contribution < -0.4 is 0 Å². The van der Waals surface area contributed by atoms with Gasteiger partial charge in [-0.15, -0.1) is 0 Å². The van der Waals surface area contributed by atoms with E-state index < -0.39 is 0 Å². The highest BCUT2D eigenvalue weighted by molar-refractivity contribution is 6.30. The van der Waals surface area contributed by atoms with Crippen LogP contribution in [0.2, 0.25) is 0 Å². The summed E-state index contributed by atoms with van der Waals surface area (Å²) >= 11 is 0. The molecule has 4 heteroatoms. The predicted octanol–water partition coefficient (Wildman–Crippen LogP) is 12.3. The molecule has 0 saturated carbocycles. The maximum atomic E-state index is 6.37. The molecule has 8 aromatic carbocycles. The summed E-state index contributed by atoms with van der Waals surface area (Å²) in [6.45, 7) is 0. The van der Waals surface area contributed by atoms with E-state index >= 15 is 0 Å². The molecule has 0 radical (unpaired) electrons. The fourth-order valence-corrected chi connectivity index (χ4v) is 7.97. The normalized spacial score (nSPS) is 12.0. The maximum Gasteiger partial charge on any atom is 0.235 e. The molecule has 0 atom stereocenters. The molecule has 3 aromatic heterocycles. The molecule has 11 aromatic rings. The summed E-state index contributed by atoms with van der Waals surface area (Å²) in [6, 6.07) is 57.8. The Balaban J connectivity index is 1.30. The molecule has 0 N–H and O–H groups in total. The second kappa shape index (κ2) is 10.4. The highest BCUT2D eigenvalue weighted by Gasteiger charge is 2.22. The molecular weight excluding hydrogens is 611 g/mol. The van der Waals surface area contributed by atoms with Crippen LogP contribution in [-0.2, 0) is 0 Å². The van der Waals surface area contributed by atoms with E-state index in [-0.39, 0.29) is 0 Å². The van der Waals surface area contributed by atoms with E-state index in [1.54, 1.807) is 0 Å². The minimum atomic E-state index is 0.645. The largest absolute Gasteiger partial charge is 0.456 e. The number of hydrogen-bond donors (Lipinski definition) is 0. The number of nitrogens with zero attached hydrogens (tertiary/aromatic N) is 3. The van der Waals surface area contributed by atoms with Gasteiger partial charge in [0.2, 0.25) is 5.95 Å². The van der Waals surface area contributed by atoms with Gasteiger partial charge in [-0.2, -0.15) is 0 Å². The van der Waals surface area contributed by atoms with Crippen LogP contribution in [0.1, 0.15) is 0 Å². The molecule has 0 aliphatic rings. The van der Waals surface area contributed by atoms with Gasteiger partial charge in [0.15, 0.2) is 0 Å². The van der Waals surface area contributed by atoms with Crippen LogP contribution in [0.25, 0.3) is 105 Å². The number of para-hydroxylation sites is 2. The van der Waals surface area contributed by atoms with Gasteiger partial charge < -0.3 is 4.42 Å². The van der Waals surface area contributed by atoms with Gasteiger partial charge in [-0.25, -0.2) is 9.97 Å². The second-order valence-corrected chi connectivity index (χ2v) is 12.9. The Morgan fingerprint density at radius 3 is 1.98 bits per heavy atom. The molecule has 0 spiro atoms. The van der Waals surface area contributed by atoms with Crippen LogP contribution in [0.5, 0.6) is 0 Å². The van der Waals surface area contributed by atoms with Crippen LogP contribution in [-0.4, -0.2) is 14.5 Å². The van der Waals surface area contributed by atoms with Crippen molar-refractivity contribution in [1.29, 1.82) is 0 Å². The third kappa shape index (κ3) is 3.87. The van der Waals surface area contributed by atoms with E-state index in [0.717, 1.165) is 66.3 Å². The second-order valence-electron chi connectivity index (χ2n) is 12.9. The van der Waals surface area contributed by atoms with E-state index in [0.29, 0.717) is 5.95 Å². The van der Waals surface area contributed by atoms with Gasteiger partial charge in [0.25, 0.3) is 0 Å². The van der Waals surface area contributed by atoms with Crippen molar-refractivity contribution in [3.8, 4) is 28.3 Å². The summed E-state index contributed by atoms with van der Waals surface area (Å²) in [5, 5.41) is 10.5. The zero-order valence-electron chi connectivity index (χ0n) is 26.8. The lowest BCUT2D eigenvalue weighted by Crippen LogP contribution is -2.03. The van der Waals surface area contributed by atoms with Crippen molar-refractivity contribution >= 4 is 76.2 Å². The van der Waals surface area contributed by atoms with Crippen molar-refractivity contribution in [2.24, 2.45) is 0 Å². The molecule has 11 rings (SSSR count). The zero-order valence-corrected chi connectivity index (χ0v) is 26.8. The Hall–Kier alpha value is -6.78. The predicted molar refractivity (Wildman–Crippen MR) is 207 cm³/mol. The third-order valence-corrected chi connectivity index (χ3v) is 10.2. The van der Waals surface area contributed by atoms with E-state index in [2.05, 4.69) is 144 Å². The lowest BCUT2D eigenvalue weighted by atomic mass is 9.93. The Morgan fingerprint density at radius 1 is 0.420 bits per heavy atom. The summed E-state index contributed by atoms with van der Waals surface area (Å²) in [7, 11) is 0. The lowest BCUT2D eigenvalue weighted by Gasteiger charge is -2.13. The summed E-state index contributed by atoms with van der Waals surface area (Å²) in [5.41, 5.74) is 9.02. The molecule has 0 aliphatic carbocycles. The molecular formula is C46H27N3O. The number of benzene rings is 8. The summed E-state index contributed by atoms with van der Waals surface area (Å²) in [5.74, 6) is 0.645. The number of rotatable bonds is 3. The van der Waals surface area contributed by atoms with E-state index in [1.807, 2.05) is 24.3 Å². The first-order valence-electron chi connectivity index (χ1n) is 16.9. The smallest absolute Gasteiger partial charge is 0.235 e. The maximum absolute atomic E-state index is 6.37. The minimum absolute atomic E-state index is 0.645. The molecule has 0 amide bonds. The zero-order chi connectivity index (χ0) is 32.8. The molecule has 0 saturated heterocycles. The Morgan fingerprint density at radius 2 is 1.10 bits per heavy atom. The molecule has 0 unspecified atom stereocenters. The van der Waals surface area contributed by atoms with Gasteiger partial charge in [0.05, 0.1) is 22.2 Å². The molecule has 0 aliphatic heterocycles. The summed E-state index contributed by atoms with van der Waals surface area (Å²) < 4.78 is 8.64. The van der Waals surface area contributed by atoms with Gasteiger partial charge in [-0.1, -0.05) is 127 Å². The Kier molecular flexibility index (Phi) is 5.63. The van der Waals surface area contributed by atoms with Crippen molar-refractivity contribution < 1.29 is 4.42 Å². The topological polar surface area (TPSA) is 43.9 Å². The number of furan rings is 1. The SMILES string of the molecule is c1ccc(-c2nc(-n3c4ccc5ccccc5c4c4c5ccccc5c(-c5ccc6c(c5)oc5ccccc56)cc43)nc3ccccc23)cc1. The van der Waals surface area contributed by atoms with E-state index in [1.165, 1.54) is 32.3 Å². The molecule has 232 valence electrons. The standard InChI is InChI=1S/C46H27N3O/c1-2-13-29(14-3-1)45-36-19-8-10-20-38(36)47-46(48-45)49-39-25-23-28-12-4-5-15-31(28)43(39)44-35-18-7-6-16-32(35)37(27-40(44)49)30-22-24-34-33-17-9-11-21-41(33)50-42(34)26-30/h1-27H. The van der Waals surface area contributed by atoms with Crippen LogP contribution in [0.3, 0.4) is 0 Å². The van der Waals surface area contributed by atoms with Crippen molar-refractivity contribution in [3.05, 3.63) is 164 Å². The molecule has 0 fully saturated rings. The van der Waals surface area contributed by atoms with Crippen molar-refractivity contribution in [2.45, 2.75) is 0 Å². The van der Waals surface area contributed by atoms with Crippen LogP contribution >= 0.6 is 0 Å². The van der Waals surface area contributed by atoms with Crippen molar-refractivity contribution in [3.63, 3.8) is 0 Å². The molecule has 4 nitrogen and oxygen atoms in total. The first-order chi connectivity index (χ1) is 24.8. The first-order valence-corrected chi connectivity index (χ1v) is 16.9. The summed E-state index contributed by atoms with van der Waals surface area (Å²) in [4.78, 5) is 10.6. The minimum Gasteiger partial charge on any atom is -0.456 e. The average Bonchev–Trinajstić information content (AvgIpc) is 3.73. The van der Waals surface area contributed by atoms with Gasteiger partial charge in [-0.05, 0) is 69.1 Å². The van der Waals surface area contributed by atoms with E-state index in [4.69, 9.17) is 14.4 Å². The highest BCUT2D eigenvalue weighted by atomic mass is 16.3. The van der Waals surface area contributed by atoms with Crippen molar-refractivity contribution in [2.75, 3.05) is 0 Å². The molecule has 50 heavy (non-hydrogen) atoms. The van der Waals surface area contributed by atoms with Gasteiger partial charge >= 0.3 is 0 Å². The average molecular weight is 638 g/mol. The number of fused-ring (bicyclic) bond motifs is 11. The Bertz CT molecular complexity index is 3150. The van der Waals surface area contributed by atoms with Crippen LogP contribution in [0.15, 0.2) is 168 Å². The van der Waals surface area contributed by atoms with Crippen molar-refractivity contribution in [1.82, 2.24) is 14.5 Å². The highest BCUT2D eigenvalue weighted by Crippen LogP contribution is 2.44. The fraction of sp³-hybridized carbons (Fsp3) is 0. The Labute approximate surface area is 286 Å². The number of hydrogen-bond acceptors (Lipinski definition) is 3. The number of aromatic nitrogens is 3. The molecule has 3 heterocycles. The van der Waals surface area contributed by atoms with Gasteiger partial charge in [-0.3, -0.25) is 4.57 Å². The summed E-state index contributed by atoms with van der Waals surface area (Å²) in [6.07, 6.45) is 0. The fourth-order valence-electron chi connectivity index (χ4n) is 7.97. The monoisotopic (exact) mass is 637 g/mol. The molecule has 0 bridgehead atoms. The quantitative estimate of drug-likeness (QED) is 0.194. The van der Waals surface area contributed by atoms with Crippen LogP contribution in [0, 0.1) is 0 Å². The van der Waals surface area contributed by atoms with E-state index in [9.17, 15) is 0 Å². The van der Waals surface area contributed by atoms with Gasteiger partial charge in [0, 0.05) is 32.5 Å². The lowest BCUT2D eigenvalue weighted by molar-refractivity contribution is 0.669.